The Morgan fingerprint density at radius 1 is 1.14 bits per heavy atom. The molecule has 0 aromatic heterocycles. The van der Waals surface area contributed by atoms with Crippen molar-refractivity contribution in [2.45, 2.75) is 57.9 Å². The summed E-state index contributed by atoms with van der Waals surface area (Å²) in [6.45, 7) is 5.14. The molecular formula is C15H31N3O2S. The number of likely N-dealkylation sites (tertiary alicyclic amines) is 1. The minimum absolute atomic E-state index is 0.466. The van der Waals surface area contributed by atoms with Gasteiger partial charge in [-0.15, -0.1) is 0 Å². The third kappa shape index (κ3) is 4.91. The second-order valence-electron chi connectivity index (χ2n) is 6.56. The fourth-order valence-corrected chi connectivity index (χ4v) is 4.49. The largest absolute Gasteiger partial charge is 0.300 e. The SMILES string of the molecule is CCN(C)S(=O)(=O)NC[C@H]1CCN(C2CCCCCC2)C1. The van der Waals surface area contributed by atoms with Crippen LogP contribution in [-0.4, -0.2) is 56.9 Å². The molecular weight excluding hydrogens is 286 g/mol. The van der Waals surface area contributed by atoms with Gasteiger partial charge in [0.25, 0.3) is 10.2 Å². The molecule has 0 radical (unpaired) electrons. The lowest BCUT2D eigenvalue weighted by Crippen LogP contribution is -2.41. The standard InChI is InChI=1S/C15H31N3O2S/c1-3-17(2)21(19,20)16-12-14-10-11-18(13-14)15-8-6-4-5-7-9-15/h14-16H,3-13H2,1-2H3/t14-/m1/s1. The molecule has 0 unspecified atom stereocenters. The maximum atomic E-state index is 11.9. The molecule has 2 fully saturated rings. The molecule has 6 heteroatoms. The third-order valence-corrected chi connectivity index (χ3v) is 6.68. The highest BCUT2D eigenvalue weighted by Crippen LogP contribution is 2.26. The number of hydrogen-bond acceptors (Lipinski definition) is 3. The number of nitrogens with zero attached hydrogens (tertiary/aromatic N) is 2. The van der Waals surface area contributed by atoms with Gasteiger partial charge < -0.3 is 4.90 Å². The Morgan fingerprint density at radius 3 is 2.43 bits per heavy atom. The van der Waals surface area contributed by atoms with Gasteiger partial charge in [0, 0.05) is 32.7 Å². The highest BCUT2D eigenvalue weighted by atomic mass is 32.2. The van der Waals surface area contributed by atoms with Crippen LogP contribution in [0.1, 0.15) is 51.9 Å². The van der Waals surface area contributed by atoms with E-state index in [1.54, 1.807) is 7.05 Å². The van der Waals surface area contributed by atoms with Crippen LogP contribution in [0.25, 0.3) is 0 Å². The highest BCUT2D eigenvalue weighted by Gasteiger charge is 2.29. The first kappa shape index (κ1) is 17.2. The molecule has 0 aromatic carbocycles. The molecule has 2 rings (SSSR count). The molecule has 1 atom stereocenters. The monoisotopic (exact) mass is 317 g/mol. The maximum Gasteiger partial charge on any atom is 0.279 e. The van der Waals surface area contributed by atoms with Gasteiger partial charge in [0.1, 0.15) is 0 Å². The Labute approximate surface area is 130 Å². The minimum Gasteiger partial charge on any atom is -0.300 e. The van der Waals surface area contributed by atoms with Crippen LogP contribution in [0.15, 0.2) is 0 Å². The van der Waals surface area contributed by atoms with Crippen molar-refractivity contribution in [1.29, 1.82) is 0 Å². The molecule has 0 bridgehead atoms. The van der Waals surface area contributed by atoms with Crippen molar-refractivity contribution in [3.8, 4) is 0 Å². The van der Waals surface area contributed by atoms with Gasteiger partial charge in [-0.25, -0.2) is 4.72 Å². The molecule has 1 aliphatic carbocycles. The van der Waals surface area contributed by atoms with Crippen LogP contribution in [0.2, 0.25) is 0 Å². The zero-order valence-corrected chi connectivity index (χ0v) is 14.4. The van der Waals surface area contributed by atoms with Crippen molar-refractivity contribution in [3.05, 3.63) is 0 Å². The van der Waals surface area contributed by atoms with E-state index < -0.39 is 10.2 Å². The zero-order chi connectivity index (χ0) is 15.3. The fourth-order valence-electron chi connectivity index (χ4n) is 3.49. The second kappa shape index (κ2) is 7.90. The Hall–Kier alpha value is -0.170. The minimum atomic E-state index is -3.28. The van der Waals surface area contributed by atoms with E-state index in [0.717, 1.165) is 25.6 Å². The van der Waals surface area contributed by atoms with Gasteiger partial charge in [-0.1, -0.05) is 32.6 Å². The molecule has 21 heavy (non-hydrogen) atoms. The summed E-state index contributed by atoms with van der Waals surface area (Å²) in [6, 6.07) is 0.743. The van der Waals surface area contributed by atoms with E-state index in [4.69, 9.17) is 0 Å². The van der Waals surface area contributed by atoms with Gasteiger partial charge in [-0.05, 0) is 31.7 Å². The molecule has 1 N–H and O–H groups in total. The summed E-state index contributed by atoms with van der Waals surface area (Å²) >= 11 is 0. The van der Waals surface area contributed by atoms with Gasteiger partial charge in [0.05, 0.1) is 0 Å². The Balaban J connectivity index is 1.77. The van der Waals surface area contributed by atoms with E-state index in [2.05, 4.69) is 9.62 Å². The average Bonchev–Trinajstić information content (AvgIpc) is 2.78. The van der Waals surface area contributed by atoms with E-state index in [0.29, 0.717) is 19.0 Å². The van der Waals surface area contributed by atoms with Crippen LogP contribution in [-0.2, 0) is 10.2 Å². The molecule has 5 nitrogen and oxygen atoms in total. The Morgan fingerprint density at radius 2 is 1.81 bits per heavy atom. The normalized spacial score (nSPS) is 26.3. The van der Waals surface area contributed by atoms with Gasteiger partial charge >= 0.3 is 0 Å². The van der Waals surface area contributed by atoms with E-state index in [-0.39, 0.29) is 0 Å². The summed E-state index contributed by atoms with van der Waals surface area (Å²) in [7, 11) is -1.66. The van der Waals surface area contributed by atoms with E-state index in [1.165, 1.54) is 42.8 Å². The van der Waals surface area contributed by atoms with Crippen molar-refractivity contribution in [3.63, 3.8) is 0 Å². The number of nitrogens with one attached hydrogen (secondary N) is 1. The lowest BCUT2D eigenvalue weighted by atomic mass is 10.1. The molecule has 1 saturated heterocycles. The van der Waals surface area contributed by atoms with Crippen LogP contribution in [0.5, 0.6) is 0 Å². The van der Waals surface area contributed by atoms with Crippen molar-refractivity contribution >= 4 is 10.2 Å². The average molecular weight is 317 g/mol. The van der Waals surface area contributed by atoms with Crippen LogP contribution in [0.4, 0.5) is 0 Å². The van der Waals surface area contributed by atoms with Gasteiger partial charge in [-0.3, -0.25) is 0 Å². The Kier molecular flexibility index (Phi) is 6.47. The van der Waals surface area contributed by atoms with Crippen molar-refractivity contribution in [2.75, 3.05) is 33.2 Å². The molecule has 0 aromatic rings. The lowest BCUT2D eigenvalue weighted by molar-refractivity contribution is 0.213. The lowest BCUT2D eigenvalue weighted by Gasteiger charge is -2.27. The maximum absolute atomic E-state index is 11.9. The van der Waals surface area contributed by atoms with Crippen molar-refractivity contribution in [2.24, 2.45) is 5.92 Å². The van der Waals surface area contributed by atoms with Crippen LogP contribution in [0.3, 0.4) is 0 Å². The van der Waals surface area contributed by atoms with E-state index >= 15 is 0 Å². The smallest absolute Gasteiger partial charge is 0.279 e. The van der Waals surface area contributed by atoms with E-state index in [1.807, 2.05) is 6.92 Å². The summed E-state index contributed by atoms with van der Waals surface area (Å²) < 4.78 is 28.0. The van der Waals surface area contributed by atoms with E-state index in [9.17, 15) is 8.42 Å². The predicted molar refractivity (Wildman–Crippen MR) is 86.4 cm³/mol. The molecule has 1 saturated carbocycles. The molecule has 0 spiro atoms. The Bertz CT molecular complexity index is 405. The first-order valence-corrected chi connectivity index (χ1v) is 9.92. The number of hydrogen-bond donors (Lipinski definition) is 1. The van der Waals surface area contributed by atoms with Gasteiger partial charge in [0.2, 0.25) is 0 Å². The molecule has 2 aliphatic rings. The summed E-state index contributed by atoms with van der Waals surface area (Å²) in [5, 5.41) is 0. The zero-order valence-electron chi connectivity index (χ0n) is 13.6. The molecule has 1 heterocycles. The van der Waals surface area contributed by atoms with Crippen LogP contribution < -0.4 is 4.72 Å². The van der Waals surface area contributed by atoms with Crippen molar-refractivity contribution < 1.29 is 8.42 Å². The van der Waals surface area contributed by atoms with Gasteiger partial charge in [0.15, 0.2) is 0 Å². The molecule has 0 amide bonds. The second-order valence-corrected chi connectivity index (χ2v) is 8.42. The quantitative estimate of drug-likeness (QED) is 0.760. The summed E-state index contributed by atoms with van der Waals surface area (Å²) in [4.78, 5) is 2.60. The summed E-state index contributed by atoms with van der Waals surface area (Å²) in [5.41, 5.74) is 0. The summed E-state index contributed by atoms with van der Waals surface area (Å²) in [5.74, 6) is 0.466. The summed E-state index contributed by atoms with van der Waals surface area (Å²) in [6.07, 6.45) is 9.27. The predicted octanol–water partition coefficient (Wildman–Crippen LogP) is 1.82. The highest BCUT2D eigenvalue weighted by molar-refractivity contribution is 7.87. The molecule has 1 aliphatic heterocycles. The fraction of sp³-hybridized carbons (Fsp3) is 1.00. The van der Waals surface area contributed by atoms with Crippen LogP contribution in [0, 0.1) is 5.92 Å². The number of rotatable bonds is 6. The third-order valence-electron chi connectivity index (χ3n) is 5.07. The molecule has 124 valence electrons. The first-order chi connectivity index (χ1) is 10.0. The first-order valence-electron chi connectivity index (χ1n) is 8.48. The van der Waals surface area contributed by atoms with Crippen LogP contribution >= 0.6 is 0 Å². The van der Waals surface area contributed by atoms with Gasteiger partial charge in [-0.2, -0.15) is 12.7 Å². The topological polar surface area (TPSA) is 52.7 Å². The van der Waals surface area contributed by atoms with Crippen molar-refractivity contribution in [1.82, 2.24) is 13.9 Å².